The lowest BCUT2D eigenvalue weighted by atomic mass is 10.2. The number of piperazine rings is 1. The van der Waals surface area contributed by atoms with Gasteiger partial charge in [0.25, 0.3) is 0 Å². The average Bonchev–Trinajstić information content (AvgIpc) is 2.74. The normalized spacial score (nSPS) is 14.4. The van der Waals surface area contributed by atoms with Gasteiger partial charge >= 0.3 is 5.97 Å². The van der Waals surface area contributed by atoms with Crippen LogP contribution in [-0.4, -0.2) is 58.7 Å². The van der Waals surface area contributed by atoms with Gasteiger partial charge in [0, 0.05) is 32.4 Å². The maximum absolute atomic E-state index is 12.2. The fraction of sp³-hybridized carbons (Fsp3) is 0.316. The van der Waals surface area contributed by atoms with E-state index in [4.69, 9.17) is 9.72 Å². The molecule has 3 heterocycles. The number of carbonyl (C=O) groups excluding carboxylic acids is 1. The van der Waals surface area contributed by atoms with E-state index >= 15 is 0 Å². The van der Waals surface area contributed by atoms with Crippen LogP contribution in [0.3, 0.4) is 0 Å². The zero-order valence-corrected chi connectivity index (χ0v) is 15.1. The second-order valence-electron chi connectivity index (χ2n) is 6.17. The van der Waals surface area contributed by atoms with E-state index in [-0.39, 0.29) is 0 Å². The number of nitrogens with zero attached hydrogens (tertiary/aromatic N) is 6. The van der Waals surface area contributed by atoms with Gasteiger partial charge in [-0.15, -0.1) is 0 Å². The maximum Gasteiger partial charge on any atom is 0.343 e. The average molecular weight is 364 g/mol. The van der Waals surface area contributed by atoms with Crippen LogP contribution >= 0.6 is 0 Å². The lowest BCUT2D eigenvalue weighted by Gasteiger charge is -2.36. The highest BCUT2D eigenvalue weighted by atomic mass is 16.5. The van der Waals surface area contributed by atoms with Crippen LogP contribution in [-0.2, 0) is 4.74 Å². The molecule has 2 aromatic heterocycles. The molecule has 1 aromatic carbocycles. The van der Waals surface area contributed by atoms with Crippen molar-refractivity contribution in [1.29, 1.82) is 0 Å². The summed E-state index contributed by atoms with van der Waals surface area (Å²) in [5.41, 5.74) is 2.18. The first-order chi connectivity index (χ1) is 13.3. The molecule has 1 fully saturated rings. The Bertz CT molecular complexity index is 956. The molecule has 0 aliphatic carbocycles. The van der Waals surface area contributed by atoms with E-state index in [2.05, 4.69) is 24.8 Å². The first-order valence-electron chi connectivity index (χ1n) is 8.95. The molecule has 0 atom stereocenters. The van der Waals surface area contributed by atoms with Crippen LogP contribution in [0, 0.1) is 0 Å². The lowest BCUT2D eigenvalue weighted by Crippen LogP contribution is -2.47. The second kappa shape index (κ2) is 7.53. The van der Waals surface area contributed by atoms with Crippen LogP contribution in [0.25, 0.3) is 11.0 Å². The largest absolute Gasteiger partial charge is 0.462 e. The van der Waals surface area contributed by atoms with Gasteiger partial charge in [0.1, 0.15) is 23.5 Å². The third-order valence-corrected chi connectivity index (χ3v) is 4.53. The quantitative estimate of drug-likeness (QED) is 0.649. The van der Waals surface area contributed by atoms with Gasteiger partial charge in [0.2, 0.25) is 0 Å². The van der Waals surface area contributed by atoms with Crippen molar-refractivity contribution in [2.24, 2.45) is 0 Å². The molecular weight excluding hydrogens is 344 g/mol. The van der Waals surface area contributed by atoms with Gasteiger partial charge in [-0.1, -0.05) is 12.1 Å². The summed E-state index contributed by atoms with van der Waals surface area (Å²) < 4.78 is 5.12. The third-order valence-electron chi connectivity index (χ3n) is 4.53. The Morgan fingerprint density at radius 2 is 1.78 bits per heavy atom. The Balaban J connectivity index is 1.50. The highest BCUT2D eigenvalue weighted by Crippen LogP contribution is 2.22. The van der Waals surface area contributed by atoms with Crippen molar-refractivity contribution in [3.8, 4) is 0 Å². The van der Waals surface area contributed by atoms with Gasteiger partial charge < -0.3 is 14.5 Å². The van der Waals surface area contributed by atoms with Gasteiger partial charge in [-0.25, -0.2) is 19.7 Å². The fourth-order valence-electron chi connectivity index (χ4n) is 3.18. The highest BCUT2D eigenvalue weighted by Gasteiger charge is 2.24. The predicted molar refractivity (Wildman–Crippen MR) is 102 cm³/mol. The van der Waals surface area contributed by atoms with Crippen molar-refractivity contribution in [3.05, 3.63) is 48.5 Å². The molecule has 0 amide bonds. The molecule has 0 saturated carbocycles. The molecule has 8 nitrogen and oxygen atoms in total. The summed E-state index contributed by atoms with van der Waals surface area (Å²) in [7, 11) is 0. The smallest absolute Gasteiger partial charge is 0.343 e. The Hall–Kier alpha value is -3.29. The molecule has 0 spiro atoms. The van der Waals surface area contributed by atoms with Gasteiger partial charge in [-0.2, -0.15) is 0 Å². The highest BCUT2D eigenvalue weighted by molar-refractivity contribution is 5.94. The van der Waals surface area contributed by atoms with Crippen molar-refractivity contribution in [2.45, 2.75) is 6.92 Å². The summed E-state index contributed by atoms with van der Waals surface area (Å²) in [6.07, 6.45) is 4.79. The number of ether oxygens (including phenoxy) is 1. The molecule has 3 aromatic rings. The number of benzene rings is 1. The monoisotopic (exact) mass is 364 g/mol. The topological polar surface area (TPSA) is 84.3 Å². The first kappa shape index (κ1) is 17.1. The number of para-hydroxylation sites is 2. The Kier molecular flexibility index (Phi) is 4.78. The molecule has 8 heteroatoms. The van der Waals surface area contributed by atoms with E-state index in [9.17, 15) is 4.79 Å². The first-order valence-corrected chi connectivity index (χ1v) is 8.95. The molecule has 4 rings (SSSR count). The fourth-order valence-corrected chi connectivity index (χ4v) is 3.18. The number of fused-ring (bicyclic) bond motifs is 1. The number of anilines is 2. The molecule has 1 saturated heterocycles. The Morgan fingerprint density at radius 1 is 1.04 bits per heavy atom. The van der Waals surface area contributed by atoms with Crippen LogP contribution in [0.5, 0.6) is 0 Å². The van der Waals surface area contributed by atoms with Crippen molar-refractivity contribution in [3.63, 3.8) is 0 Å². The molecule has 1 aliphatic rings. The van der Waals surface area contributed by atoms with Crippen LogP contribution < -0.4 is 9.80 Å². The number of esters is 1. The summed E-state index contributed by atoms with van der Waals surface area (Å²) in [6.45, 7) is 5.07. The van der Waals surface area contributed by atoms with E-state index in [1.165, 1.54) is 12.5 Å². The lowest BCUT2D eigenvalue weighted by molar-refractivity contribution is 0.0526. The number of aromatic nitrogens is 4. The SMILES string of the molecule is CCOC(=O)c1cncnc1N1CCN(c2cnc3ccccc3n2)CC1. The van der Waals surface area contributed by atoms with Gasteiger partial charge in [-0.3, -0.25) is 4.98 Å². The maximum atomic E-state index is 12.2. The van der Waals surface area contributed by atoms with E-state index < -0.39 is 5.97 Å². The summed E-state index contributed by atoms with van der Waals surface area (Å²) in [6, 6.07) is 7.84. The molecule has 1 aliphatic heterocycles. The molecule has 138 valence electrons. The van der Waals surface area contributed by atoms with Crippen LogP contribution in [0.4, 0.5) is 11.6 Å². The van der Waals surface area contributed by atoms with E-state index in [0.29, 0.717) is 18.0 Å². The summed E-state index contributed by atoms with van der Waals surface area (Å²) in [5.74, 6) is 1.09. The Morgan fingerprint density at radius 3 is 2.56 bits per heavy atom. The predicted octanol–water partition coefficient (Wildman–Crippen LogP) is 1.92. The van der Waals surface area contributed by atoms with Crippen molar-refractivity contribution in [2.75, 3.05) is 42.6 Å². The standard InChI is InChI=1S/C19H20N6O2/c1-2-27-19(26)14-11-20-13-22-18(14)25-9-7-24(8-10-25)17-12-21-15-5-3-4-6-16(15)23-17/h3-6,11-13H,2,7-10H2,1H3. The zero-order valence-electron chi connectivity index (χ0n) is 15.1. The van der Waals surface area contributed by atoms with E-state index in [0.717, 1.165) is 43.0 Å². The zero-order chi connectivity index (χ0) is 18.6. The molecule has 0 unspecified atom stereocenters. The number of rotatable bonds is 4. The number of hydrogen-bond donors (Lipinski definition) is 0. The van der Waals surface area contributed by atoms with Crippen molar-refractivity contribution in [1.82, 2.24) is 19.9 Å². The molecule has 0 radical (unpaired) electrons. The van der Waals surface area contributed by atoms with Crippen LogP contribution in [0.2, 0.25) is 0 Å². The van der Waals surface area contributed by atoms with Crippen molar-refractivity contribution >= 4 is 28.6 Å². The van der Waals surface area contributed by atoms with Gasteiger partial charge in [0.15, 0.2) is 0 Å². The molecular formula is C19H20N6O2. The van der Waals surface area contributed by atoms with Gasteiger partial charge in [-0.05, 0) is 19.1 Å². The molecule has 27 heavy (non-hydrogen) atoms. The summed E-state index contributed by atoms with van der Waals surface area (Å²) in [4.78, 5) is 33.9. The minimum absolute atomic E-state index is 0.321. The minimum Gasteiger partial charge on any atom is -0.462 e. The van der Waals surface area contributed by atoms with Crippen LogP contribution in [0.1, 0.15) is 17.3 Å². The summed E-state index contributed by atoms with van der Waals surface area (Å²) in [5, 5.41) is 0. The molecule has 0 bridgehead atoms. The van der Waals surface area contributed by atoms with E-state index in [1.807, 2.05) is 30.5 Å². The Labute approximate surface area is 156 Å². The number of hydrogen-bond acceptors (Lipinski definition) is 8. The molecule has 0 N–H and O–H groups in total. The van der Waals surface area contributed by atoms with E-state index in [1.54, 1.807) is 6.92 Å². The number of carbonyl (C=O) groups is 1. The van der Waals surface area contributed by atoms with Crippen LogP contribution in [0.15, 0.2) is 43.0 Å². The van der Waals surface area contributed by atoms with Gasteiger partial charge in [0.05, 0.1) is 23.8 Å². The third kappa shape index (κ3) is 3.51. The summed E-state index contributed by atoms with van der Waals surface area (Å²) >= 11 is 0. The minimum atomic E-state index is -0.393. The van der Waals surface area contributed by atoms with Crippen molar-refractivity contribution < 1.29 is 9.53 Å². The second-order valence-corrected chi connectivity index (χ2v) is 6.17.